The van der Waals surface area contributed by atoms with Gasteiger partial charge < -0.3 is 9.88 Å². The zero-order valence-electron chi connectivity index (χ0n) is 12.1. The molecule has 1 aromatic heterocycles. The molecule has 1 aliphatic rings. The highest BCUT2D eigenvalue weighted by Gasteiger charge is 2.22. The highest BCUT2D eigenvalue weighted by molar-refractivity contribution is 5.74. The third-order valence-electron chi connectivity index (χ3n) is 3.83. The Morgan fingerprint density at radius 2 is 1.95 bits per heavy atom. The van der Waals surface area contributed by atoms with Crippen LogP contribution in [-0.2, 0) is 6.54 Å². The van der Waals surface area contributed by atoms with Crippen molar-refractivity contribution >= 4 is 5.95 Å². The van der Waals surface area contributed by atoms with E-state index in [1.807, 2.05) is 4.57 Å². The Labute approximate surface area is 119 Å². The molecule has 0 unspecified atom stereocenters. The molecule has 1 aliphatic heterocycles. The number of aromatic nitrogens is 2. The molecular formula is C16H18N4. The lowest BCUT2D eigenvalue weighted by Crippen LogP contribution is -2.18. The third kappa shape index (κ3) is 1.87. The SMILES string of the molecule is Cc1cc(C)c(-c2nc3n(c2C#N)CCCN3)c(C)c1. The van der Waals surface area contributed by atoms with Gasteiger partial charge in [0.1, 0.15) is 17.5 Å². The number of benzene rings is 1. The minimum Gasteiger partial charge on any atom is -0.356 e. The minimum absolute atomic E-state index is 0.669. The number of fused-ring (bicyclic) bond motifs is 1. The quantitative estimate of drug-likeness (QED) is 0.862. The lowest BCUT2D eigenvalue weighted by molar-refractivity contribution is 0.622. The third-order valence-corrected chi connectivity index (χ3v) is 3.83. The number of imidazole rings is 1. The van der Waals surface area contributed by atoms with Crippen molar-refractivity contribution in [2.75, 3.05) is 11.9 Å². The maximum Gasteiger partial charge on any atom is 0.204 e. The number of nitrogens with one attached hydrogen (secondary N) is 1. The predicted molar refractivity (Wildman–Crippen MR) is 79.7 cm³/mol. The molecule has 0 fully saturated rings. The summed E-state index contributed by atoms with van der Waals surface area (Å²) in [7, 11) is 0. The van der Waals surface area contributed by atoms with Crippen LogP contribution in [-0.4, -0.2) is 16.1 Å². The second-order valence-electron chi connectivity index (χ2n) is 5.45. The number of hydrogen-bond acceptors (Lipinski definition) is 3. The van der Waals surface area contributed by atoms with Gasteiger partial charge in [0.2, 0.25) is 5.95 Å². The van der Waals surface area contributed by atoms with Crippen molar-refractivity contribution in [1.82, 2.24) is 9.55 Å². The molecule has 0 bridgehead atoms. The van der Waals surface area contributed by atoms with E-state index in [-0.39, 0.29) is 0 Å². The zero-order chi connectivity index (χ0) is 14.3. The lowest BCUT2D eigenvalue weighted by Gasteiger charge is -2.15. The Morgan fingerprint density at radius 1 is 1.25 bits per heavy atom. The number of aryl methyl sites for hydroxylation is 3. The molecule has 0 saturated heterocycles. The predicted octanol–water partition coefficient (Wildman–Crippen LogP) is 3.16. The molecule has 0 spiro atoms. The number of anilines is 1. The zero-order valence-corrected chi connectivity index (χ0v) is 12.1. The topological polar surface area (TPSA) is 53.6 Å². The van der Waals surface area contributed by atoms with E-state index < -0.39 is 0 Å². The highest BCUT2D eigenvalue weighted by atomic mass is 15.2. The summed E-state index contributed by atoms with van der Waals surface area (Å²) in [5, 5.41) is 12.8. The molecule has 4 heteroatoms. The highest BCUT2D eigenvalue weighted by Crippen LogP contribution is 2.33. The van der Waals surface area contributed by atoms with E-state index in [2.05, 4.69) is 49.3 Å². The van der Waals surface area contributed by atoms with Gasteiger partial charge in [0.15, 0.2) is 0 Å². The van der Waals surface area contributed by atoms with E-state index in [0.717, 1.165) is 36.7 Å². The van der Waals surface area contributed by atoms with Crippen LogP contribution in [0.5, 0.6) is 0 Å². The molecular weight excluding hydrogens is 248 g/mol. The van der Waals surface area contributed by atoms with E-state index in [9.17, 15) is 5.26 Å². The average Bonchev–Trinajstić information content (AvgIpc) is 2.75. The van der Waals surface area contributed by atoms with E-state index in [0.29, 0.717) is 5.69 Å². The van der Waals surface area contributed by atoms with Crippen LogP contribution in [0.1, 0.15) is 28.8 Å². The minimum atomic E-state index is 0.669. The smallest absolute Gasteiger partial charge is 0.204 e. The van der Waals surface area contributed by atoms with Crippen LogP contribution in [0.25, 0.3) is 11.3 Å². The van der Waals surface area contributed by atoms with Crippen molar-refractivity contribution in [2.24, 2.45) is 0 Å². The van der Waals surface area contributed by atoms with Gasteiger partial charge in [-0.25, -0.2) is 4.98 Å². The molecule has 0 radical (unpaired) electrons. The van der Waals surface area contributed by atoms with Gasteiger partial charge >= 0.3 is 0 Å². The van der Waals surface area contributed by atoms with Gasteiger partial charge in [-0.3, -0.25) is 0 Å². The molecule has 0 saturated carbocycles. The van der Waals surface area contributed by atoms with Gasteiger partial charge in [-0.1, -0.05) is 17.7 Å². The Balaban J connectivity index is 2.26. The fourth-order valence-corrected chi connectivity index (χ4v) is 3.08. The molecule has 1 N–H and O–H groups in total. The van der Waals surface area contributed by atoms with Gasteiger partial charge in [0.05, 0.1) is 0 Å². The number of hydrogen-bond donors (Lipinski definition) is 1. The first-order valence-electron chi connectivity index (χ1n) is 6.94. The normalized spacial score (nSPS) is 13.5. The fourth-order valence-electron chi connectivity index (χ4n) is 3.08. The van der Waals surface area contributed by atoms with Gasteiger partial charge in [0.25, 0.3) is 0 Å². The first-order chi connectivity index (χ1) is 9.61. The summed E-state index contributed by atoms with van der Waals surface area (Å²) in [6.45, 7) is 8.05. The average molecular weight is 266 g/mol. The lowest BCUT2D eigenvalue weighted by atomic mass is 9.96. The van der Waals surface area contributed by atoms with Gasteiger partial charge in [-0.05, 0) is 38.3 Å². The summed E-state index contributed by atoms with van der Waals surface area (Å²) in [6.07, 6.45) is 1.03. The Hall–Kier alpha value is -2.28. The fraction of sp³-hybridized carbons (Fsp3) is 0.375. The van der Waals surface area contributed by atoms with Crippen molar-refractivity contribution < 1.29 is 0 Å². The molecule has 1 aromatic carbocycles. The van der Waals surface area contributed by atoms with E-state index in [4.69, 9.17) is 0 Å². The van der Waals surface area contributed by atoms with Crippen molar-refractivity contribution in [2.45, 2.75) is 33.7 Å². The molecule has 3 rings (SSSR count). The summed E-state index contributed by atoms with van der Waals surface area (Å²) in [5.41, 5.74) is 6.17. The molecule has 0 amide bonds. The first-order valence-corrected chi connectivity index (χ1v) is 6.94. The number of rotatable bonds is 1. The maximum absolute atomic E-state index is 9.52. The summed E-state index contributed by atoms with van der Waals surface area (Å²) in [5.74, 6) is 0.821. The van der Waals surface area contributed by atoms with E-state index in [1.54, 1.807) is 0 Å². The molecule has 102 valence electrons. The van der Waals surface area contributed by atoms with Gasteiger partial charge in [-0.15, -0.1) is 0 Å². The first kappa shape index (κ1) is 12.7. The summed E-state index contributed by atoms with van der Waals surface area (Å²) < 4.78 is 2.00. The second-order valence-corrected chi connectivity index (χ2v) is 5.45. The van der Waals surface area contributed by atoms with Crippen LogP contribution >= 0.6 is 0 Å². The van der Waals surface area contributed by atoms with Crippen molar-refractivity contribution in [3.8, 4) is 17.3 Å². The summed E-state index contributed by atoms with van der Waals surface area (Å²) in [6, 6.07) is 6.63. The summed E-state index contributed by atoms with van der Waals surface area (Å²) in [4.78, 5) is 4.67. The monoisotopic (exact) mass is 266 g/mol. The number of nitrogens with zero attached hydrogens (tertiary/aromatic N) is 3. The van der Waals surface area contributed by atoms with E-state index in [1.165, 1.54) is 16.7 Å². The largest absolute Gasteiger partial charge is 0.356 e. The van der Waals surface area contributed by atoms with Crippen LogP contribution in [0, 0.1) is 32.1 Å². The second kappa shape index (κ2) is 4.68. The molecule has 2 heterocycles. The maximum atomic E-state index is 9.52. The van der Waals surface area contributed by atoms with Crippen LogP contribution < -0.4 is 5.32 Å². The summed E-state index contributed by atoms with van der Waals surface area (Å²) >= 11 is 0. The number of nitriles is 1. The molecule has 20 heavy (non-hydrogen) atoms. The van der Waals surface area contributed by atoms with Crippen LogP contribution in [0.3, 0.4) is 0 Å². The van der Waals surface area contributed by atoms with Crippen molar-refractivity contribution in [3.63, 3.8) is 0 Å². The molecule has 0 aliphatic carbocycles. The van der Waals surface area contributed by atoms with Crippen molar-refractivity contribution in [3.05, 3.63) is 34.5 Å². The van der Waals surface area contributed by atoms with Gasteiger partial charge in [0, 0.05) is 18.7 Å². The Bertz CT molecular complexity index is 696. The van der Waals surface area contributed by atoms with Crippen LogP contribution in [0.4, 0.5) is 5.95 Å². The Morgan fingerprint density at radius 3 is 2.60 bits per heavy atom. The molecule has 0 atom stereocenters. The van der Waals surface area contributed by atoms with Crippen LogP contribution in [0.2, 0.25) is 0 Å². The van der Waals surface area contributed by atoms with Crippen LogP contribution in [0.15, 0.2) is 12.1 Å². The van der Waals surface area contributed by atoms with Crippen molar-refractivity contribution in [1.29, 1.82) is 5.26 Å². The van der Waals surface area contributed by atoms with Gasteiger partial charge in [-0.2, -0.15) is 5.26 Å². The Kier molecular flexibility index (Phi) is 2.98. The standard InChI is InChI=1S/C16H18N4/c1-10-7-11(2)14(12(3)8-10)15-13(9-17)20-6-4-5-18-16(20)19-15/h7-8H,4-6H2,1-3H3,(H,18,19). The molecule has 4 nitrogen and oxygen atoms in total. The van der Waals surface area contributed by atoms with E-state index >= 15 is 0 Å². The molecule has 2 aromatic rings.